The quantitative estimate of drug-likeness (QED) is 0.914. The zero-order chi connectivity index (χ0) is 14.9. The molecule has 2 saturated heterocycles. The van der Waals surface area contributed by atoms with Crippen LogP contribution in [0.5, 0.6) is 0 Å². The number of nitrogens with one attached hydrogen (secondary N) is 1. The number of thiazole rings is 1. The highest BCUT2D eigenvalue weighted by molar-refractivity contribution is 7.09. The molecule has 1 aromatic rings. The molecule has 0 aromatic carbocycles. The summed E-state index contributed by atoms with van der Waals surface area (Å²) in [7, 11) is 1.68. The second kappa shape index (κ2) is 6.02. The molecule has 116 valence electrons. The summed E-state index contributed by atoms with van der Waals surface area (Å²) < 4.78 is 5.27. The number of carbonyl (C=O) groups is 1. The molecule has 0 bridgehead atoms. The smallest absolute Gasteiger partial charge is 0.226 e. The molecule has 6 heteroatoms. The van der Waals surface area contributed by atoms with Crippen LogP contribution >= 0.6 is 11.3 Å². The maximum absolute atomic E-state index is 12.0. The number of hydrogen-bond acceptors (Lipinski definition) is 5. The van der Waals surface area contributed by atoms with Crippen molar-refractivity contribution in [1.29, 1.82) is 0 Å². The Bertz CT molecular complexity index is 509. The minimum absolute atomic E-state index is 0.0201. The number of aryl methyl sites for hydroxylation is 1. The molecule has 0 unspecified atom stereocenters. The van der Waals surface area contributed by atoms with Crippen LogP contribution in [0.3, 0.4) is 0 Å². The molecule has 1 spiro atoms. The van der Waals surface area contributed by atoms with Gasteiger partial charge in [0.2, 0.25) is 5.91 Å². The van der Waals surface area contributed by atoms with Gasteiger partial charge in [0.05, 0.1) is 19.1 Å². The number of ether oxygens (including phenoxy) is 1. The Balaban J connectivity index is 1.60. The lowest BCUT2D eigenvalue weighted by molar-refractivity contribution is -0.126. The maximum atomic E-state index is 12.0. The maximum Gasteiger partial charge on any atom is 0.226 e. The van der Waals surface area contributed by atoms with E-state index in [-0.39, 0.29) is 17.2 Å². The number of amides is 1. The van der Waals surface area contributed by atoms with Crippen molar-refractivity contribution >= 4 is 17.2 Å². The van der Waals surface area contributed by atoms with E-state index in [1.165, 1.54) is 5.01 Å². The fraction of sp³-hybridized carbons (Fsp3) is 0.733. The summed E-state index contributed by atoms with van der Waals surface area (Å²) in [4.78, 5) is 19.0. The number of aromatic nitrogens is 1. The molecule has 3 rings (SSSR count). The van der Waals surface area contributed by atoms with Crippen LogP contribution in [0.4, 0.5) is 0 Å². The van der Waals surface area contributed by atoms with E-state index in [9.17, 15) is 4.79 Å². The molecular formula is C15H23N3O2S. The van der Waals surface area contributed by atoms with Gasteiger partial charge in [-0.3, -0.25) is 9.69 Å². The van der Waals surface area contributed by atoms with Crippen LogP contribution in [-0.2, 0) is 16.1 Å². The van der Waals surface area contributed by atoms with Gasteiger partial charge in [0.1, 0.15) is 5.01 Å². The van der Waals surface area contributed by atoms with Gasteiger partial charge in [0, 0.05) is 30.1 Å². The fourth-order valence-corrected chi connectivity index (χ4v) is 4.37. The number of carbonyl (C=O) groups excluding carboxylic acids is 1. The predicted molar refractivity (Wildman–Crippen MR) is 82.2 cm³/mol. The van der Waals surface area contributed by atoms with E-state index in [0.29, 0.717) is 6.61 Å². The molecule has 21 heavy (non-hydrogen) atoms. The Labute approximate surface area is 129 Å². The zero-order valence-electron chi connectivity index (χ0n) is 12.7. The summed E-state index contributed by atoms with van der Waals surface area (Å²) in [5.41, 5.74) is 1.21. The van der Waals surface area contributed by atoms with Crippen LogP contribution in [0.25, 0.3) is 0 Å². The topological polar surface area (TPSA) is 54.5 Å². The van der Waals surface area contributed by atoms with E-state index in [4.69, 9.17) is 4.74 Å². The summed E-state index contributed by atoms with van der Waals surface area (Å²) in [6.07, 6.45) is 2.12. The predicted octanol–water partition coefficient (Wildman–Crippen LogP) is 1.43. The molecule has 0 aliphatic carbocycles. The molecule has 3 heterocycles. The van der Waals surface area contributed by atoms with Gasteiger partial charge in [-0.15, -0.1) is 11.3 Å². The first-order valence-electron chi connectivity index (χ1n) is 7.53. The van der Waals surface area contributed by atoms with Crippen molar-refractivity contribution in [2.45, 2.75) is 26.3 Å². The summed E-state index contributed by atoms with van der Waals surface area (Å²) >= 11 is 1.74. The Morgan fingerprint density at radius 3 is 2.90 bits per heavy atom. The number of rotatable bonds is 4. The highest BCUT2D eigenvalue weighted by atomic mass is 32.1. The van der Waals surface area contributed by atoms with Crippen molar-refractivity contribution < 1.29 is 9.53 Å². The lowest BCUT2D eigenvalue weighted by Crippen LogP contribution is -2.45. The monoisotopic (exact) mass is 309 g/mol. The molecule has 0 radical (unpaired) electrons. The van der Waals surface area contributed by atoms with Crippen LogP contribution in [-0.4, -0.2) is 49.1 Å². The summed E-state index contributed by atoms with van der Waals surface area (Å²) in [6, 6.07) is 0. The van der Waals surface area contributed by atoms with Crippen molar-refractivity contribution in [3.63, 3.8) is 0 Å². The first kappa shape index (κ1) is 14.9. The normalized spacial score (nSPS) is 25.4. The first-order valence-corrected chi connectivity index (χ1v) is 8.41. The van der Waals surface area contributed by atoms with Gasteiger partial charge in [-0.25, -0.2) is 4.98 Å². The second-order valence-corrected chi connectivity index (χ2v) is 7.19. The molecule has 2 aliphatic rings. The largest absolute Gasteiger partial charge is 0.384 e. The van der Waals surface area contributed by atoms with Crippen molar-refractivity contribution in [3.8, 4) is 0 Å². The van der Waals surface area contributed by atoms with Gasteiger partial charge in [0.25, 0.3) is 0 Å². The third-order valence-corrected chi connectivity index (χ3v) is 5.83. The molecule has 1 atom stereocenters. The Morgan fingerprint density at radius 2 is 2.29 bits per heavy atom. The highest BCUT2D eigenvalue weighted by Gasteiger charge is 2.49. The molecule has 2 aliphatic heterocycles. The molecular weight excluding hydrogens is 286 g/mol. The first-order chi connectivity index (χ1) is 10.1. The van der Waals surface area contributed by atoms with Crippen LogP contribution < -0.4 is 5.32 Å². The van der Waals surface area contributed by atoms with Gasteiger partial charge in [-0.1, -0.05) is 0 Å². The third kappa shape index (κ3) is 2.98. The van der Waals surface area contributed by atoms with Gasteiger partial charge in [-0.05, 0) is 32.9 Å². The average molecular weight is 309 g/mol. The van der Waals surface area contributed by atoms with E-state index < -0.39 is 0 Å². The molecule has 1 amide bonds. The van der Waals surface area contributed by atoms with Crippen LogP contribution in [0, 0.1) is 18.3 Å². The molecule has 2 fully saturated rings. The Hall–Kier alpha value is -0.980. The molecule has 0 saturated carbocycles. The summed E-state index contributed by atoms with van der Waals surface area (Å²) in [6.45, 7) is 6.39. The zero-order valence-corrected chi connectivity index (χ0v) is 13.5. The third-order valence-electron chi connectivity index (χ3n) is 4.88. The SMILES string of the molecule is COC[C@@H]1C(=O)NCC12CCN(Cc1nc(C)cs1)CC2. The van der Waals surface area contributed by atoms with Crippen molar-refractivity contribution in [2.24, 2.45) is 11.3 Å². The number of piperidine rings is 1. The van der Waals surface area contributed by atoms with Gasteiger partial charge >= 0.3 is 0 Å². The van der Waals surface area contributed by atoms with E-state index in [1.807, 2.05) is 6.92 Å². The lowest BCUT2D eigenvalue weighted by atomic mass is 9.71. The minimum atomic E-state index is 0.0201. The van der Waals surface area contributed by atoms with E-state index in [1.54, 1.807) is 18.4 Å². The number of likely N-dealkylation sites (tertiary alicyclic amines) is 1. The van der Waals surface area contributed by atoms with Crippen molar-refractivity contribution in [3.05, 3.63) is 16.1 Å². The van der Waals surface area contributed by atoms with E-state index in [0.717, 1.165) is 44.7 Å². The van der Waals surface area contributed by atoms with E-state index >= 15 is 0 Å². The molecule has 1 aromatic heterocycles. The molecule has 1 N–H and O–H groups in total. The van der Waals surface area contributed by atoms with Gasteiger partial charge in [-0.2, -0.15) is 0 Å². The van der Waals surface area contributed by atoms with Gasteiger partial charge in [0.15, 0.2) is 0 Å². The van der Waals surface area contributed by atoms with E-state index in [2.05, 4.69) is 20.6 Å². The number of methoxy groups -OCH3 is 1. The van der Waals surface area contributed by atoms with Crippen molar-refractivity contribution in [2.75, 3.05) is 33.4 Å². The average Bonchev–Trinajstić information content (AvgIpc) is 3.01. The molecule has 5 nitrogen and oxygen atoms in total. The summed E-state index contributed by atoms with van der Waals surface area (Å²) in [5.74, 6) is 0.188. The Kier molecular flexibility index (Phi) is 4.28. The number of nitrogens with zero attached hydrogens (tertiary/aromatic N) is 2. The second-order valence-electron chi connectivity index (χ2n) is 6.25. The summed E-state index contributed by atoms with van der Waals surface area (Å²) in [5, 5.41) is 6.33. The van der Waals surface area contributed by atoms with Crippen LogP contribution in [0.1, 0.15) is 23.5 Å². The van der Waals surface area contributed by atoms with Crippen LogP contribution in [0.2, 0.25) is 0 Å². The Morgan fingerprint density at radius 1 is 1.52 bits per heavy atom. The lowest BCUT2D eigenvalue weighted by Gasteiger charge is -2.41. The highest BCUT2D eigenvalue weighted by Crippen LogP contribution is 2.42. The van der Waals surface area contributed by atoms with Crippen molar-refractivity contribution in [1.82, 2.24) is 15.2 Å². The van der Waals surface area contributed by atoms with Crippen LogP contribution in [0.15, 0.2) is 5.38 Å². The van der Waals surface area contributed by atoms with Gasteiger partial charge < -0.3 is 10.1 Å². The minimum Gasteiger partial charge on any atom is -0.384 e. The standard InChI is InChI=1S/C15H23N3O2S/c1-11-9-21-13(17-11)7-18-5-3-15(4-6-18)10-16-14(19)12(15)8-20-2/h9,12H,3-8,10H2,1-2H3,(H,16,19)/t12-/m1/s1. The number of hydrogen-bond donors (Lipinski definition) is 1. The fourth-order valence-electron chi connectivity index (χ4n) is 3.56.